The molecule has 110 valence electrons. The van der Waals surface area contributed by atoms with Crippen LogP contribution >= 0.6 is 0 Å². The molecule has 0 spiro atoms. The molecule has 0 aromatic heterocycles. The Bertz CT molecular complexity index is 441. The zero-order valence-electron chi connectivity index (χ0n) is 11.7. The number of hydrogen-bond donors (Lipinski definition) is 1. The number of ether oxygens (including phenoxy) is 1. The van der Waals surface area contributed by atoms with Crippen LogP contribution < -0.4 is 0 Å². The topological polar surface area (TPSA) is 66.8 Å². The van der Waals surface area contributed by atoms with Crippen LogP contribution in [0.25, 0.3) is 0 Å². The number of carbonyl (C=O) groups is 2. The third-order valence-electron chi connectivity index (χ3n) is 3.77. The fourth-order valence-electron chi connectivity index (χ4n) is 2.61. The highest BCUT2D eigenvalue weighted by Gasteiger charge is 2.35. The van der Waals surface area contributed by atoms with Gasteiger partial charge in [0.25, 0.3) is 0 Å². The van der Waals surface area contributed by atoms with E-state index in [1.165, 1.54) is 4.90 Å². The van der Waals surface area contributed by atoms with Crippen molar-refractivity contribution in [2.45, 2.75) is 38.6 Å². The fourth-order valence-corrected chi connectivity index (χ4v) is 2.61. The van der Waals surface area contributed by atoms with Crippen molar-refractivity contribution in [1.29, 1.82) is 0 Å². The zero-order valence-corrected chi connectivity index (χ0v) is 11.7. The SMILES string of the molecule is CC1CCC(C(=O)O)N(C(=O)OCC2=CCCC=C2)C1. The molecule has 2 aliphatic rings. The summed E-state index contributed by atoms with van der Waals surface area (Å²) in [6, 6.07) is -0.755. The van der Waals surface area contributed by atoms with E-state index in [4.69, 9.17) is 4.74 Å². The van der Waals surface area contributed by atoms with E-state index in [0.717, 1.165) is 24.8 Å². The predicted molar refractivity (Wildman–Crippen MR) is 74.3 cm³/mol. The van der Waals surface area contributed by atoms with E-state index < -0.39 is 18.1 Å². The molecule has 5 nitrogen and oxygen atoms in total. The number of nitrogens with zero attached hydrogens (tertiary/aromatic N) is 1. The summed E-state index contributed by atoms with van der Waals surface area (Å²) in [5, 5.41) is 9.19. The van der Waals surface area contributed by atoms with Gasteiger partial charge in [-0.25, -0.2) is 9.59 Å². The molecule has 0 aromatic rings. The van der Waals surface area contributed by atoms with Gasteiger partial charge in [0, 0.05) is 6.54 Å². The predicted octanol–water partition coefficient (Wildman–Crippen LogP) is 2.58. The third-order valence-corrected chi connectivity index (χ3v) is 3.77. The van der Waals surface area contributed by atoms with Crippen LogP contribution in [0.5, 0.6) is 0 Å². The minimum Gasteiger partial charge on any atom is -0.480 e. The van der Waals surface area contributed by atoms with Crippen LogP contribution in [0.2, 0.25) is 0 Å². The lowest BCUT2D eigenvalue weighted by molar-refractivity contribution is -0.144. The summed E-state index contributed by atoms with van der Waals surface area (Å²) in [5.74, 6) is -0.641. The molecule has 1 saturated heterocycles. The van der Waals surface area contributed by atoms with Crippen molar-refractivity contribution in [3.05, 3.63) is 23.8 Å². The minimum absolute atomic E-state index is 0.215. The molecule has 2 rings (SSSR count). The molecule has 0 saturated carbocycles. The maximum Gasteiger partial charge on any atom is 0.410 e. The standard InChI is InChI=1S/C15H21NO4/c1-11-7-8-13(14(17)18)16(9-11)15(19)20-10-12-5-3-2-4-6-12/h3,5-6,11,13H,2,4,7-10H2,1H3,(H,17,18). The van der Waals surface area contributed by atoms with Gasteiger partial charge in [0.05, 0.1) is 0 Å². The first-order valence-electron chi connectivity index (χ1n) is 7.09. The van der Waals surface area contributed by atoms with Crippen LogP contribution in [0.15, 0.2) is 23.8 Å². The lowest BCUT2D eigenvalue weighted by Gasteiger charge is -2.35. The number of aliphatic carboxylic acids is 1. The number of rotatable bonds is 3. The Morgan fingerprint density at radius 1 is 1.40 bits per heavy atom. The molecule has 1 N–H and O–H groups in total. The van der Waals surface area contributed by atoms with E-state index in [-0.39, 0.29) is 6.61 Å². The second-order valence-corrected chi connectivity index (χ2v) is 5.50. The van der Waals surface area contributed by atoms with Crippen LogP contribution in [0.1, 0.15) is 32.6 Å². The molecule has 5 heteroatoms. The molecule has 0 aromatic carbocycles. The first kappa shape index (κ1) is 14.6. The average Bonchev–Trinajstić information content (AvgIpc) is 2.45. The van der Waals surface area contributed by atoms with Gasteiger partial charge in [-0.15, -0.1) is 0 Å². The van der Waals surface area contributed by atoms with Gasteiger partial charge in [-0.05, 0) is 37.2 Å². The van der Waals surface area contributed by atoms with Gasteiger partial charge >= 0.3 is 12.1 Å². The molecule has 1 aliphatic heterocycles. The number of carboxylic acids is 1. The van der Waals surface area contributed by atoms with E-state index in [9.17, 15) is 14.7 Å². The highest BCUT2D eigenvalue weighted by atomic mass is 16.6. The summed E-state index contributed by atoms with van der Waals surface area (Å²) in [6.45, 7) is 2.68. The van der Waals surface area contributed by atoms with Crippen molar-refractivity contribution in [3.63, 3.8) is 0 Å². The van der Waals surface area contributed by atoms with Crippen molar-refractivity contribution in [2.24, 2.45) is 5.92 Å². The van der Waals surface area contributed by atoms with Crippen molar-refractivity contribution in [1.82, 2.24) is 4.90 Å². The molecular formula is C15H21NO4. The molecule has 2 atom stereocenters. The average molecular weight is 279 g/mol. The number of carbonyl (C=O) groups excluding carboxylic acids is 1. The maximum absolute atomic E-state index is 12.1. The lowest BCUT2D eigenvalue weighted by atomic mass is 9.95. The first-order chi connectivity index (χ1) is 9.58. The fraction of sp³-hybridized carbons (Fsp3) is 0.600. The van der Waals surface area contributed by atoms with Gasteiger partial charge in [0.1, 0.15) is 12.6 Å². The monoisotopic (exact) mass is 279 g/mol. The molecule has 1 heterocycles. The van der Waals surface area contributed by atoms with Gasteiger partial charge in [0.2, 0.25) is 0 Å². The number of piperidine rings is 1. The number of allylic oxidation sites excluding steroid dienone is 2. The van der Waals surface area contributed by atoms with Crippen LogP contribution in [0.4, 0.5) is 4.79 Å². The Hall–Kier alpha value is -1.78. The zero-order chi connectivity index (χ0) is 14.5. The smallest absolute Gasteiger partial charge is 0.410 e. The minimum atomic E-state index is -0.953. The molecular weight excluding hydrogens is 258 g/mol. The Kier molecular flexibility index (Phi) is 4.82. The van der Waals surface area contributed by atoms with Crippen molar-refractivity contribution in [3.8, 4) is 0 Å². The van der Waals surface area contributed by atoms with Crippen molar-refractivity contribution < 1.29 is 19.4 Å². The number of hydrogen-bond acceptors (Lipinski definition) is 3. The molecule has 1 fully saturated rings. The molecule has 20 heavy (non-hydrogen) atoms. The van der Waals surface area contributed by atoms with Gasteiger partial charge in [0.15, 0.2) is 0 Å². The summed E-state index contributed by atoms with van der Waals surface area (Å²) in [4.78, 5) is 24.7. The van der Waals surface area contributed by atoms with Gasteiger partial charge in [-0.3, -0.25) is 4.90 Å². The molecule has 0 radical (unpaired) electrons. The normalized spacial score (nSPS) is 26.1. The van der Waals surface area contributed by atoms with E-state index in [1.807, 2.05) is 25.2 Å². The number of amides is 1. The summed E-state index contributed by atoms with van der Waals surface area (Å²) in [6.07, 6.45) is 8.81. The second-order valence-electron chi connectivity index (χ2n) is 5.50. The van der Waals surface area contributed by atoms with Gasteiger partial charge < -0.3 is 9.84 Å². The third kappa shape index (κ3) is 3.62. The van der Waals surface area contributed by atoms with Crippen LogP contribution in [-0.2, 0) is 9.53 Å². The van der Waals surface area contributed by atoms with Crippen LogP contribution in [-0.4, -0.2) is 41.3 Å². The van der Waals surface area contributed by atoms with Crippen LogP contribution in [0.3, 0.4) is 0 Å². The van der Waals surface area contributed by atoms with Gasteiger partial charge in [-0.2, -0.15) is 0 Å². The molecule has 2 unspecified atom stereocenters. The molecule has 0 bridgehead atoms. The number of carboxylic acid groups (broad SMARTS) is 1. The first-order valence-corrected chi connectivity index (χ1v) is 7.09. The van der Waals surface area contributed by atoms with E-state index >= 15 is 0 Å². The highest BCUT2D eigenvalue weighted by Crippen LogP contribution is 2.23. The molecule has 1 amide bonds. The number of likely N-dealkylation sites (tertiary alicyclic amines) is 1. The Morgan fingerprint density at radius 3 is 2.85 bits per heavy atom. The maximum atomic E-state index is 12.1. The lowest BCUT2D eigenvalue weighted by Crippen LogP contribution is -2.50. The van der Waals surface area contributed by atoms with Crippen LogP contribution in [0, 0.1) is 5.92 Å². The Morgan fingerprint density at radius 2 is 2.20 bits per heavy atom. The van der Waals surface area contributed by atoms with E-state index in [1.54, 1.807) is 0 Å². The van der Waals surface area contributed by atoms with Crippen molar-refractivity contribution >= 4 is 12.1 Å². The summed E-state index contributed by atoms with van der Waals surface area (Å²) in [7, 11) is 0. The Balaban J connectivity index is 1.93. The molecule has 1 aliphatic carbocycles. The van der Waals surface area contributed by atoms with Gasteiger partial charge in [-0.1, -0.05) is 25.2 Å². The quantitative estimate of drug-likeness (QED) is 0.862. The summed E-state index contributed by atoms with van der Waals surface area (Å²) >= 11 is 0. The van der Waals surface area contributed by atoms with Crippen molar-refractivity contribution in [2.75, 3.05) is 13.2 Å². The largest absolute Gasteiger partial charge is 0.480 e. The summed E-state index contributed by atoms with van der Waals surface area (Å²) < 4.78 is 5.25. The Labute approximate surface area is 118 Å². The van der Waals surface area contributed by atoms with E-state index in [2.05, 4.69) is 0 Å². The summed E-state index contributed by atoms with van der Waals surface area (Å²) in [5.41, 5.74) is 0.974. The highest BCUT2D eigenvalue weighted by molar-refractivity contribution is 5.80. The second kappa shape index (κ2) is 6.59. The van der Waals surface area contributed by atoms with E-state index in [0.29, 0.717) is 18.9 Å².